The molecule has 112 valence electrons. The van der Waals surface area contributed by atoms with Gasteiger partial charge in [-0.05, 0) is 25.0 Å². The third-order valence-electron chi connectivity index (χ3n) is 4.11. The first-order valence-electron chi connectivity index (χ1n) is 6.94. The standard InChI is InChI=1S/C14H17N3O3S/c1-16(8-14(18)6-2-3-7-14)10-4-5-11-12(15-9-21-11)13(10)17(19)20/h4-5,9,18H,2-3,6-8H2,1H3. The molecule has 0 atom stereocenters. The topological polar surface area (TPSA) is 79.5 Å². The Morgan fingerprint density at radius 3 is 2.86 bits per heavy atom. The van der Waals surface area contributed by atoms with E-state index in [-0.39, 0.29) is 10.6 Å². The molecule has 0 amide bonds. The van der Waals surface area contributed by atoms with Gasteiger partial charge in [0, 0.05) is 13.6 Å². The summed E-state index contributed by atoms with van der Waals surface area (Å²) in [6.07, 6.45) is 3.53. The van der Waals surface area contributed by atoms with Crippen molar-refractivity contribution in [2.24, 2.45) is 0 Å². The number of aliphatic hydroxyl groups is 1. The molecule has 7 heteroatoms. The van der Waals surface area contributed by atoms with Crippen LogP contribution in [0.4, 0.5) is 11.4 Å². The van der Waals surface area contributed by atoms with Crippen molar-refractivity contribution in [3.05, 3.63) is 27.8 Å². The van der Waals surface area contributed by atoms with Crippen LogP contribution >= 0.6 is 11.3 Å². The molecular weight excluding hydrogens is 290 g/mol. The minimum Gasteiger partial charge on any atom is -0.388 e. The van der Waals surface area contributed by atoms with Gasteiger partial charge in [0.25, 0.3) is 0 Å². The van der Waals surface area contributed by atoms with Crippen molar-refractivity contribution < 1.29 is 10.0 Å². The number of fused-ring (bicyclic) bond motifs is 1. The van der Waals surface area contributed by atoms with E-state index in [0.29, 0.717) is 17.7 Å². The van der Waals surface area contributed by atoms with Crippen LogP contribution in [0, 0.1) is 10.1 Å². The summed E-state index contributed by atoms with van der Waals surface area (Å²) in [4.78, 5) is 17.0. The van der Waals surface area contributed by atoms with Crippen LogP contribution in [-0.2, 0) is 0 Å². The average molecular weight is 307 g/mol. The Kier molecular flexibility index (Phi) is 3.54. The number of hydrogen-bond acceptors (Lipinski definition) is 6. The van der Waals surface area contributed by atoms with Crippen molar-refractivity contribution in [2.45, 2.75) is 31.3 Å². The number of anilines is 1. The highest BCUT2D eigenvalue weighted by atomic mass is 32.1. The molecule has 0 bridgehead atoms. The van der Waals surface area contributed by atoms with Crippen molar-refractivity contribution in [1.82, 2.24) is 4.98 Å². The minimum atomic E-state index is -0.736. The first kappa shape index (κ1) is 14.2. The summed E-state index contributed by atoms with van der Waals surface area (Å²) in [5, 5.41) is 21.9. The maximum Gasteiger partial charge on any atom is 0.319 e. The van der Waals surface area contributed by atoms with Gasteiger partial charge in [-0.3, -0.25) is 10.1 Å². The molecule has 0 radical (unpaired) electrons. The molecule has 1 N–H and O–H groups in total. The number of aromatic nitrogens is 1. The van der Waals surface area contributed by atoms with Crippen molar-refractivity contribution in [3.8, 4) is 0 Å². The molecular formula is C14H17N3O3S. The van der Waals surface area contributed by atoms with E-state index in [9.17, 15) is 15.2 Å². The zero-order valence-electron chi connectivity index (χ0n) is 11.8. The van der Waals surface area contributed by atoms with Gasteiger partial charge in [0.05, 0.1) is 20.7 Å². The lowest BCUT2D eigenvalue weighted by atomic mass is 10.0. The maximum absolute atomic E-state index is 11.4. The molecule has 3 rings (SSSR count). The van der Waals surface area contributed by atoms with Crippen LogP contribution < -0.4 is 4.90 Å². The van der Waals surface area contributed by atoms with Crippen molar-refractivity contribution in [1.29, 1.82) is 0 Å². The van der Waals surface area contributed by atoms with Gasteiger partial charge in [-0.2, -0.15) is 0 Å². The van der Waals surface area contributed by atoms with E-state index < -0.39 is 5.60 Å². The molecule has 1 heterocycles. The fraction of sp³-hybridized carbons (Fsp3) is 0.500. The summed E-state index contributed by atoms with van der Waals surface area (Å²) in [5.41, 5.74) is 1.84. The molecule has 1 aliphatic rings. The number of hydrogen-bond donors (Lipinski definition) is 1. The molecule has 6 nitrogen and oxygen atoms in total. The predicted octanol–water partition coefficient (Wildman–Crippen LogP) is 2.95. The SMILES string of the molecule is CN(CC1(O)CCCC1)c1ccc2scnc2c1[N+](=O)[O-]. The summed E-state index contributed by atoms with van der Waals surface area (Å²) in [6.45, 7) is 0.406. The second-order valence-electron chi connectivity index (χ2n) is 5.68. The average Bonchev–Trinajstić information content (AvgIpc) is 3.05. The Morgan fingerprint density at radius 2 is 2.19 bits per heavy atom. The summed E-state index contributed by atoms with van der Waals surface area (Å²) in [7, 11) is 1.79. The lowest BCUT2D eigenvalue weighted by molar-refractivity contribution is -0.382. The van der Waals surface area contributed by atoms with E-state index in [0.717, 1.165) is 30.4 Å². The van der Waals surface area contributed by atoms with E-state index in [2.05, 4.69) is 4.98 Å². The molecule has 2 aromatic rings. The van der Waals surface area contributed by atoms with Gasteiger partial charge >= 0.3 is 5.69 Å². The van der Waals surface area contributed by atoms with Crippen LogP contribution in [0.25, 0.3) is 10.2 Å². The third-order valence-corrected chi connectivity index (χ3v) is 4.91. The van der Waals surface area contributed by atoms with E-state index in [1.165, 1.54) is 11.3 Å². The quantitative estimate of drug-likeness (QED) is 0.694. The first-order chi connectivity index (χ1) is 10.0. The minimum absolute atomic E-state index is 0.0258. The molecule has 1 aliphatic carbocycles. The third kappa shape index (κ3) is 2.58. The smallest absolute Gasteiger partial charge is 0.319 e. The summed E-state index contributed by atoms with van der Waals surface area (Å²) in [5.74, 6) is 0. The molecule has 1 aromatic carbocycles. The van der Waals surface area contributed by atoms with E-state index in [4.69, 9.17) is 0 Å². The zero-order valence-corrected chi connectivity index (χ0v) is 12.6. The van der Waals surface area contributed by atoms with Crippen LogP contribution in [0.5, 0.6) is 0 Å². The van der Waals surface area contributed by atoms with Crippen LogP contribution in [0.2, 0.25) is 0 Å². The van der Waals surface area contributed by atoms with Gasteiger partial charge in [0.2, 0.25) is 0 Å². The molecule has 0 spiro atoms. The maximum atomic E-state index is 11.4. The zero-order chi connectivity index (χ0) is 15.0. The number of nitro benzene ring substituents is 1. The second kappa shape index (κ2) is 5.23. The number of likely N-dealkylation sites (N-methyl/N-ethyl adjacent to an activating group) is 1. The molecule has 0 unspecified atom stereocenters. The number of nitrogens with zero attached hydrogens (tertiary/aromatic N) is 3. The number of nitro groups is 1. The Morgan fingerprint density at radius 1 is 1.48 bits per heavy atom. The number of benzene rings is 1. The predicted molar refractivity (Wildman–Crippen MR) is 83.0 cm³/mol. The highest BCUT2D eigenvalue weighted by Gasteiger charge is 2.34. The number of rotatable bonds is 4. The molecule has 0 saturated heterocycles. The largest absolute Gasteiger partial charge is 0.388 e. The van der Waals surface area contributed by atoms with Crippen molar-refractivity contribution >= 4 is 32.9 Å². The van der Waals surface area contributed by atoms with E-state index in [1.54, 1.807) is 23.5 Å². The van der Waals surface area contributed by atoms with Crippen LogP contribution in [0.1, 0.15) is 25.7 Å². The molecule has 21 heavy (non-hydrogen) atoms. The van der Waals surface area contributed by atoms with E-state index >= 15 is 0 Å². The van der Waals surface area contributed by atoms with E-state index in [1.807, 2.05) is 6.07 Å². The van der Waals surface area contributed by atoms with Crippen LogP contribution in [0.3, 0.4) is 0 Å². The Hall–Kier alpha value is -1.73. The Labute approximate surface area is 126 Å². The normalized spacial score (nSPS) is 17.2. The van der Waals surface area contributed by atoms with Gasteiger partial charge in [0.15, 0.2) is 5.52 Å². The van der Waals surface area contributed by atoms with Gasteiger partial charge in [-0.1, -0.05) is 12.8 Å². The van der Waals surface area contributed by atoms with Gasteiger partial charge in [-0.25, -0.2) is 4.98 Å². The molecule has 1 saturated carbocycles. The summed E-state index contributed by atoms with van der Waals surface area (Å²) < 4.78 is 0.804. The van der Waals surface area contributed by atoms with Gasteiger partial charge in [0.1, 0.15) is 5.69 Å². The Bertz CT molecular complexity index is 679. The van der Waals surface area contributed by atoms with Gasteiger partial charge in [-0.15, -0.1) is 11.3 Å². The monoisotopic (exact) mass is 307 g/mol. The lowest BCUT2D eigenvalue weighted by Gasteiger charge is -2.29. The highest BCUT2D eigenvalue weighted by Crippen LogP contribution is 2.38. The lowest BCUT2D eigenvalue weighted by Crippen LogP contribution is -2.39. The van der Waals surface area contributed by atoms with Crippen molar-refractivity contribution in [2.75, 3.05) is 18.5 Å². The fourth-order valence-corrected chi connectivity index (χ4v) is 3.79. The molecule has 1 aromatic heterocycles. The molecule has 0 aliphatic heterocycles. The summed E-state index contributed by atoms with van der Waals surface area (Å²) in [6, 6.07) is 3.60. The summed E-state index contributed by atoms with van der Waals surface area (Å²) >= 11 is 1.39. The molecule has 1 fully saturated rings. The highest BCUT2D eigenvalue weighted by molar-refractivity contribution is 7.16. The Balaban J connectivity index is 1.98. The fourth-order valence-electron chi connectivity index (χ4n) is 3.11. The van der Waals surface area contributed by atoms with Crippen molar-refractivity contribution in [3.63, 3.8) is 0 Å². The van der Waals surface area contributed by atoms with Gasteiger partial charge < -0.3 is 10.0 Å². The second-order valence-corrected chi connectivity index (χ2v) is 6.56. The van der Waals surface area contributed by atoms with Crippen LogP contribution in [-0.4, -0.2) is 34.2 Å². The number of thiazole rings is 1. The first-order valence-corrected chi connectivity index (χ1v) is 7.82. The van der Waals surface area contributed by atoms with Crippen LogP contribution in [0.15, 0.2) is 17.6 Å².